The Bertz CT molecular complexity index is 502. The van der Waals surface area contributed by atoms with Gasteiger partial charge >= 0.3 is 0 Å². The van der Waals surface area contributed by atoms with Gasteiger partial charge in [-0.1, -0.05) is 6.08 Å². The summed E-state index contributed by atoms with van der Waals surface area (Å²) in [5, 5.41) is 0. The van der Waals surface area contributed by atoms with Crippen LogP contribution in [0.25, 0.3) is 0 Å². The predicted octanol–water partition coefficient (Wildman–Crippen LogP) is 4.79. The van der Waals surface area contributed by atoms with Gasteiger partial charge in [0.1, 0.15) is 11.6 Å². The van der Waals surface area contributed by atoms with Crippen LogP contribution < -0.4 is 4.74 Å². The minimum Gasteiger partial charge on any atom is -0.497 e. The molecule has 0 aromatic heterocycles. The van der Waals surface area contributed by atoms with Crippen molar-refractivity contribution in [2.24, 2.45) is 11.8 Å². The van der Waals surface area contributed by atoms with Crippen molar-refractivity contribution in [2.75, 3.05) is 7.11 Å². The van der Waals surface area contributed by atoms with Crippen LogP contribution in [0, 0.1) is 17.7 Å². The van der Waals surface area contributed by atoms with Crippen LogP contribution in [0.4, 0.5) is 4.39 Å². The summed E-state index contributed by atoms with van der Waals surface area (Å²) in [7, 11) is 1.48. The first kappa shape index (κ1) is 15.7. The molecule has 2 rings (SSSR count). The molecule has 1 fully saturated rings. The third-order valence-electron chi connectivity index (χ3n) is 4.42. The summed E-state index contributed by atoms with van der Waals surface area (Å²) >= 11 is 0. The second kappa shape index (κ2) is 7.39. The van der Waals surface area contributed by atoms with Crippen molar-refractivity contribution in [3.05, 3.63) is 42.2 Å². The van der Waals surface area contributed by atoms with Crippen molar-refractivity contribution < 1.29 is 13.9 Å². The third kappa shape index (κ3) is 4.16. The van der Waals surface area contributed by atoms with Gasteiger partial charge in [0.2, 0.25) is 0 Å². The monoisotopic (exact) mass is 290 g/mol. The number of allylic oxidation sites excluding steroid dienone is 1. The van der Waals surface area contributed by atoms with Crippen LogP contribution in [-0.4, -0.2) is 12.9 Å². The molecule has 1 aromatic rings. The highest BCUT2D eigenvalue weighted by Gasteiger charge is 2.24. The second-order valence-corrected chi connectivity index (χ2v) is 5.88. The van der Waals surface area contributed by atoms with Crippen molar-refractivity contribution in [1.82, 2.24) is 0 Å². The fourth-order valence-corrected chi connectivity index (χ4v) is 3.13. The van der Waals surface area contributed by atoms with Crippen LogP contribution >= 0.6 is 0 Å². The van der Waals surface area contributed by atoms with Crippen molar-refractivity contribution in [2.45, 2.75) is 38.5 Å². The summed E-state index contributed by atoms with van der Waals surface area (Å²) in [4.78, 5) is 12.2. The van der Waals surface area contributed by atoms with E-state index in [1.165, 1.54) is 19.2 Å². The molecule has 3 heteroatoms. The maximum atomic E-state index is 13.9. The van der Waals surface area contributed by atoms with Crippen LogP contribution in [0.2, 0.25) is 0 Å². The van der Waals surface area contributed by atoms with Gasteiger partial charge in [0.15, 0.2) is 5.78 Å². The van der Waals surface area contributed by atoms with Crippen LogP contribution in [0.15, 0.2) is 30.9 Å². The number of hydrogen-bond acceptors (Lipinski definition) is 2. The highest BCUT2D eigenvalue weighted by Crippen LogP contribution is 2.33. The molecule has 0 radical (unpaired) electrons. The first-order valence-electron chi connectivity index (χ1n) is 7.61. The standard InChI is InChI=1S/C18H23FO2/c1-3-4-13-5-7-14(8-6-13)11-18(20)16-10-9-15(21-2)12-17(16)19/h3,9-10,12-14H,1,4-8,11H2,2H3/t13-,14-. The molecule has 0 spiro atoms. The highest BCUT2D eigenvalue weighted by atomic mass is 19.1. The Hall–Kier alpha value is -1.64. The van der Waals surface area contributed by atoms with E-state index in [1.54, 1.807) is 6.07 Å². The van der Waals surface area contributed by atoms with Crippen LogP contribution in [0.1, 0.15) is 48.9 Å². The van der Waals surface area contributed by atoms with Gasteiger partial charge in [-0.15, -0.1) is 6.58 Å². The number of rotatable bonds is 6. The molecule has 1 aliphatic carbocycles. The lowest BCUT2D eigenvalue weighted by Crippen LogP contribution is -2.17. The molecule has 1 aromatic carbocycles. The molecule has 0 amide bonds. The van der Waals surface area contributed by atoms with E-state index in [2.05, 4.69) is 6.58 Å². The molecule has 0 heterocycles. The quantitative estimate of drug-likeness (QED) is 0.556. The molecule has 0 atom stereocenters. The van der Waals surface area contributed by atoms with E-state index in [0.29, 0.717) is 24.0 Å². The average molecular weight is 290 g/mol. The second-order valence-electron chi connectivity index (χ2n) is 5.88. The first-order valence-corrected chi connectivity index (χ1v) is 7.61. The van der Waals surface area contributed by atoms with Gasteiger partial charge in [-0.2, -0.15) is 0 Å². The van der Waals surface area contributed by atoms with Gasteiger partial charge in [0.05, 0.1) is 12.7 Å². The van der Waals surface area contributed by atoms with Gasteiger partial charge in [-0.3, -0.25) is 4.79 Å². The molecule has 0 N–H and O–H groups in total. The number of carbonyl (C=O) groups excluding carboxylic acids is 1. The van der Waals surface area contributed by atoms with Crippen LogP contribution in [0.3, 0.4) is 0 Å². The Morgan fingerprint density at radius 3 is 2.57 bits per heavy atom. The Balaban J connectivity index is 1.92. The number of carbonyl (C=O) groups is 1. The Morgan fingerprint density at radius 1 is 1.33 bits per heavy atom. The molecule has 0 saturated heterocycles. The summed E-state index contributed by atoms with van der Waals surface area (Å²) in [5.74, 6) is 0.961. The number of Topliss-reactive ketones (excluding diaryl/α,β-unsaturated/α-hetero) is 1. The fraction of sp³-hybridized carbons (Fsp3) is 0.500. The maximum absolute atomic E-state index is 13.9. The zero-order valence-electron chi connectivity index (χ0n) is 12.6. The smallest absolute Gasteiger partial charge is 0.166 e. The number of methoxy groups -OCH3 is 1. The summed E-state index contributed by atoms with van der Waals surface area (Å²) in [5.41, 5.74) is 0.184. The minimum absolute atomic E-state index is 0.0951. The largest absolute Gasteiger partial charge is 0.497 e. The zero-order valence-corrected chi connectivity index (χ0v) is 12.6. The molecule has 1 saturated carbocycles. The Morgan fingerprint density at radius 2 is 2.00 bits per heavy atom. The van der Waals surface area contributed by atoms with Gasteiger partial charge in [-0.25, -0.2) is 4.39 Å². The van der Waals surface area contributed by atoms with Crippen molar-refractivity contribution in [3.8, 4) is 5.75 Å². The normalized spacial score (nSPS) is 21.8. The van der Waals surface area contributed by atoms with Crippen LogP contribution in [-0.2, 0) is 0 Å². The van der Waals surface area contributed by atoms with E-state index < -0.39 is 5.82 Å². The fourth-order valence-electron chi connectivity index (χ4n) is 3.13. The Labute approximate surface area is 126 Å². The molecule has 0 bridgehead atoms. The lowest BCUT2D eigenvalue weighted by atomic mass is 9.78. The number of ether oxygens (including phenoxy) is 1. The predicted molar refractivity (Wildman–Crippen MR) is 82.2 cm³/mol. The number of benzene rings is 1. The minimum atomic E-state index is -0.486. The van der Waals surface area contributed by atoms with Crippen molar-refractivity contribution in [1.29, 1.82) is 0 Å². The van der Waals surface area contributed by atoms with E-state index >= 15 is 0 Å². The maximum Gasteiger partial charge on any atom is 0.166 e. The van der Waals surface area contributed by atoms with Crippen LogP contribution in [0.5, 0.6) is 5.75 Å². The molecule has 114 valence electrons. The topological polar surface area (TPSA) is 26.3 Å². The first-order chi connectivity index (χ1) is 10.1. The summed E-state index contributed by atoms with van der Waals surface area (Å²) in [6.45, 7) is 3.78. The van der Waals surface area contributed by atoms with Gasteiger partial charge in [-0.05, 0) is 56.1 Å². The van der Waals surface area contributed by atoms with Gasteiger partial charge < -0.3 is 4.74 Å². The van der Waals surface area contributed by atoms with E-state index in [9.17, 15) is 9.18 Å². The molecule has 2 nitrogen and oxygen atoms in total. The van der Waals surface area contributed by atoms with Crippen molar-refractivity contribution in [3.63, 3.8) is 0 Å². The lowest BCUT2D eigenvalue weighted by molar-refractivity contribution is 0.0939. The summed E-state index contributed by atoms with van der Waals surface area (Å²) in [6.07, 6.45) is 7.90. The van der Waals surface area contributed by atoms with E-state index in [1.807, 2.05) is 6.08 Å². The van der Waals surface area contributed by atoms with E-state index in [-0.39, 0.29) is 11.3 Å². The summed E-state index contributed by atoms with van der Waals surface area (Å²) < 4.78 is 18.8. The van der Waals surface area contributed by atoms with Gasteiger partial charge in [0, 0.05) is 12.5 Å². The van der Waals surface area contributed by atoms with Crippen molar-refractivity contribution >= 4 is 5.78 Å². The van der Waals surface area contributed by atoms with Gasteiger partial charge in [0.25, 0.3) is 0 Å². The SMILES string of the molecule is C=CC[C@H]1CC[C@H](CC(=O)c2ccc(OC)cc2F)CC1. The zero-order chi connectivity index (χ0) is 15.2. The number of halogens is 1. The highest BCUT2D eigenvalue weighted by molar-refractivity contribution is 5.96. The van der Waals surface area contributed by atoms with E-state index in [0.717, 1.165) is 32.1 Å². The van der Waals surface area contributed by atoms with E-state index in [4.69, 9.17) is 4.74 Å². The molecule has 0 aliphatic heterocycles. The molecular formula is C18H23FO2. The third-order valence-corrected chi connectivity index (χ3v) is 4.42. The molecule has 21 heavy (non-hydrogen) atoms. The number of ketones is 1. The summed E-state index contributed by atoms with van der Waals surface area (Å²) in [6, 6.07) is 4.44. The number of hydrogen-bond donors (Lipinski definition) is 0. The molecule has 1 aliphatic rings. The lowest BCUT2D eigenvalue weighted by Gasteiger charge is -2.27. The average Bonchev–Trinajstić information content (AvgIpc) is 2.49. The molecule has 0 unspecified atom stereocenters. The molecular weight excluding hydrogens is 267 g/mol. The Kier molecular flexibility index (Phi) is 5.54.